The molecule has 0 bridgehead atoms. The molecule has 0 aromatic heterocycles. The first-order chi connectivity index (χ1) is 10.4. The summed E-state index contributed by atoms with van der Waals surface area (Å²) < 4.78 is 11.3. The van der Waals surface area contributed by atoms with Crippen LogP contribution in [0.3, 0.4) is 0 Å². The molecule has 2 rings (SSSR count). The molecule has 110 valence electrons. The van der Waals surface area contributed by atoms with Gasteiger partial charge in [0.25, 0.3) is 0 Å². The Hall–Kier alpha value is -2.46. The number of ether oxygens (including phenoxy) is 2. The van der Waals surface area contributed by atoms with Crippen LogP contribution in [0.4, 0.5) is 0 Å². The van der Waals surface area contributed by atoms with Gasteiger partial charge in [-0.15, -0.1) is 0 Å². The zero-order chi connectivity index (χ0) is 14.8. The number of hydrogen-bond donors (Lipinski definition) is 1. The summed E-state index contributed by atoms with van der Waals surface area (Å²) in [5.74, 6) is 2.37. The van der Waals surface area contributed by atoms with E-state index in [9.17, 15) is 0 Å². The summed E-state index contributed by atoms with van der Waals surface area (Å²) in [6.45, 7) is 2.85. The second-order valence-corrected chi connectivity index (χ2v) is 4.20. The van der Waals surface area contributed by atoms with Crippen LogP contribution < -0.4 is 15.0 Å². The van der Waals surface area contributed by atoms with E-state index < -0.39 is 0 Å². The van der Waals surface area contributed by atoms with Crippen molar-refractivity contribution in [2.24, 2.45) is 0 Å². The fourth-order valence-electron chi connectivity index (χ4n) is 1.60. The van der Waals surface area contributed by atoms with Gasteiger partial charge in [-0.1, -0.05) is 24.3 Å². The third-order valence-electron chi connectivity index (χ3n) is 2.57. The molecule has 0 unspecified atom stereocenters. The predicted octanol–water partition coefficient (Wildman–Crippen LogP) is 3.91. The molecule has 2 aromatic carbocycles. The fourth-order valence-corrected chi connectivity index (χ4v) is 1.60. The average molecular weight is 285 g/mol. The highest BCUT2D eigenvalue weighted by Crippen LogP contribution is 2.23. The lowest BCUT2D eigenvalue weighted by atomic mass is 10.3. The highest BCUT2D eigenvalue weighted by atomic mass is 16.7. The molecule has 21 heavy (non-hydrogen) atoms. The molecular formula is C17H19NO3. The Morgan fingerprint density at radius 3 is 2.24 bits per heavy atom. The maximum Gasteiger partial charge on any atom is 0.127 e. The first-order valence-electron chi connectivity index (χ1n) is 6.83. The Bertz CT molecular complexity index is 538. The second-order valence-electron chi connectivity index (χ2n) is 4.20. The lowest BCUT2D eigenvalue weighted by molar-refractivity contribution is 0.0479. The van der Waals surface area contributed by atoms with E-state index in [0.717, 1.165) is 17.2 Å². The van der Waals surface area contributed by atoms with Gasteiger partial charge < -0.3 is 9.47 Å². The van der Waals surface area contributed by atoms with Crippen molar-refractivity contribution in [2.45, 2.75) is 6.92 Å². The quantitative estimate of drug-likeness (QED) is 0.589. The Labute approximate surface area is 124 Å². The summed E-state index contributed by atoms with van der Waals surface area (Å²) in [5, 5.41) is 0. The van der Waals surface area contributed by atoms with Crippen LogP contribution in [0.5, 0.6) is 17.2 Å². The summed E-state index contributed by atoms with van der Waals surface area (Å²) in [6, 6.07) is 17.2. The molecule has 0 spiro atoms. The van der Waals surface area contributed by atoms with Gasteiger partial charge in [-0.05, 0) is 43.3 Å². The third-order valence-corrected chi connectivity index (χ3v) is 2.57. The van der Waals surface area contributed by atoms with Crippen molar-refractivity contribution in [2.75, 3.05) is 13.2 Å². The van der Waals surface area contributed by atoms with E-state index in [4.69, 9.17) is 14.3 Å². The van der Waals surface area contributed by atoms with Crippen molar-refractivity contribution in [3.05, 3.63) is 66.9 Å². The fraction of sp³-hybridized carbons (Fsp3) is 0.176. The van der Waals surface area contributed by atoms with E-state index in [1.54, 1.807) is 6.20 Å². The van der Waals surface area contributed by atoms with Crippen LogP contribution in [-0.2, 0) is 4.84 Å². The van der Waals surface area contributed by atoms with Crippen LogP contribution >= 0.6 is 0 Å². The summed E-state index contributed by atoms with van der Waals surface area (Å²) in [6.07, 6.45) is 3.57. The molecule has 0 radical (unpaired) electrons. The van der Waals surface area contributed by atoms with E-state index in [-0.39, 0.29) is 0 Å². The number of para-hydroxylation sites is 1. The lowest BCUT2D eigenvalue weighted by Gasteiger charge is -2.08. The molecule has 0 aliphatic heterocycles. The van der Waals surface area contributed by atoms with Gasteiger partial charge in [0.15, 0.2) is 0 Å². The Morgan fingerprint density at radius 1 is 0.857 bits per heavy atom. The zero-order valence-corrected chi connectivity index (χ0v) is 12.0. The van der Waals surface area contributed by atoms with Gasteiger partial charge >= 0.3 is 0 Å². The maximum absolute atomic E-state index is 5.71. The molecule has 1 N–H and O–H groups in total. The third kappa shape index (κ3) is 5.58. The lowest BCUT2D eigenvalue weighted by Crippen LogP contribution is -2.13. The monoisotopic (exact) mass is 285 g/mol. The minimum atomic E-state index is 0.465. The van der Waals surface area contributed by atoms with E-state index >= 15 is 0 Å². The Kier molecular flexibility index (Phi) is 6.16. The number of hydroxylamine groups is 1. The number of rotatable bonds is 8. The molecule has 0 atom stereocenters. The molecule has 4 heteroatoms. The molecule has 0 heterocycles. The van der Waals surface area contributed by atoms with Gasteiger partial charge in [-0.2, -0.15) is 0 Å². The Balaban J connectivity index is 1.74. The normalized spacial score (nSPS) is 10.5. The minimum Gasteiger partial charge on any atom is -0.491 e. The van der Waals surface area contributed by atoms with Crippen LogP contribution in [0, 0.1) is 0 Å². The van der Waals surface area contributed by atoms with Crippen LogP contribution in [0.25, 0.3) is 0 Å². The standard InChI is InChI=1S/C17H19NO3/c1-2-12-18-20-14-13-19-15-8-10-17(11-9-15)21-16-6-4-3-5-7-16/h2-12,18H,13-14H2,1H3. The number of benzene rings is 2. The smallest absolute Gasteiger partial charge is 0.127 e. The zero-order valence-electron chi connectivity index (χ0n) is 12.0. The molecule has 4 nitrogen and oxygen atoms in total. The van der Waals surface area contributed by atoms with Gasteiger partial charge in [0.1, 0.15) is 30.5 Å². The van der Waals surface area contributed by atoms with Gasteiger partial charge in [0.05, 0.1) is 0 Å². The summed E-state index contributed by atoms with van der Waals surface area (Å²) in [7, 11) is 0. The van der Waals surface area contributed by atoms with Crippen LogP contribution in [0.15, 0.2) is 66.9 Å². The molecule has 2 aromatic rings. The summed E-state index contributed by atoms with van der Waals surface area (Å²) in [5.41, 5.74) is 2.68. The highest BCUT2D eigenvalue weighted by Gasteiger charge is 1.98. The Morgan fingerprint density at radius 2 is 1.52 bits per heavy atom. The summed E-state index contributed by atoms with van der Waals surface area (Å²) >= 11 is 0. The van der Waals surface area contributed by atoms with Crippen LogP contribution in [-0.4, -0.2) is 13.2 Å². The molecule has 0 fully saturated rings. The van der Waals surface area contributed by atoms with E-state index in [1.165, 1.54) is 0 Å². The van der Waals surface area contributed by atoms with Crippen molar-refractivity contribution < 1.29 is 14.3 Å². The molecule has 0 saturated heterocycles. The number of hydrogen-bond acceptors (Lipinski definition) is 4. The first kappa shape index (κ1) is 14.9. The summed E-state index contributed by atoms with van der Waals surface area (Å²) in [4.78, 5) is 5.11. The topological polar surface area (TPSA) is 39.7 Å². The largest absolute Gasteiger partial charge is 0.491 e. The van der Waals surface area contributed by atoms with Crippen LogP contribution in [0.2, 0.25) is 0 Å². The maximum atomic E-state index is 5.71. The predicted molar refractivity (Wildman–Crippen MR) is 82.4 cm³/mol. The van der Waals surface area contributed by atoms with E-state index in [2.05, 4.69) is 5.48 Å². The molecule has 0 aliphatic carbocycles. The van der Waals surface area contributed by atoms with E-state index in [1.807, 2.05) is 67.6 Å². The van der Waals surface area contributed by atoms with Crippen LogP contribution in [0.1, 0.15) is 6.92 Å². The van der Waals surface area contributed by atoms with E-state index in [0.29, 0.717) is 13.2 Å². The van der Waals surface area contributed by atoms with Crippen molar-refractivity contribution in [3.63, 3.8) is 0 Å². The number of allylic oxidation sites excluding steroid dienone is 1. The molecule has 0 amide bonds. The minimum absolute atomic E-state index is 0.465. The molecular weight excluding hydrogens is 266 g/mol. The highest BCUT2D eigenvalue weighted by molar-refractivity contribution is 5.35. The van der Waals surface area contributed by atoms with Crippen molar-refractivity contribution in [1.82, 2.24) is 5.48 Å². The number of nitrogens with one attached hydrogen (secondary N) is 1. The first-order valence-corrected chi connectivity index (χ1v) is 6.83. The van der Waals surface area contributed by atoms with Gasteiger partial charge in [0.2, 0.25) is 0 Å². The second kappa shape index (κ2) is 8.66. The molecule has 0 saturated carbocycles. The van der Waals surface area contributed by atoms with Crippen molar-refractivity contribution in [3.8, 4) is 17.2 Å². The van der Waals surface area contributed by atoms with Crippen molar-refractivity contribution in [1.29, 1.82) is 0 Å². The van der Waals surface area contributed by atoms with Gasteiger partial charge in [-0.25, -0.2) is 0 Å². The molecule has 0 aliphatic rings. The van der Waals surface area contributed by atoms with Crippen molar-refractivity contribution >= 4 is 0 Å². The van der Waals surface area contributed by atoms with Gasteiger partial charge in [-0.3, -0.25) is 10.3 Å². The SMILES string of the molecule is CC=CNOCCOc1ccc(Oc2ccccc2)cc1. The van der Waals surface area contributed by atoms with Gasteiger partial charge in [0, 0.05) is 6.20 Å². The average Bonchev–Trinajstić information content (AvgIpc) is 2.53.